The van der Waals surface area contributed by atoms with Gasteiger partial charge in [-0.3, -0.25) is 4.79 Å². The lowest BCUT2D eigenvalue weighted by molar-refractivity contribution is -0.149. The highest BCUT2D eigenvalue weighted by Crippen LogP contribution is 2.25. The maximum Gasteiger partial charge on any atom is 0.349 e. The van der Waals surface area contributed by atoms with Gasteiger partial charge in [-0.25, -0.2) is 4.79 Å². The van der Waals surface area contributed by atoms with Crippen LogP contribution >= 0.6 is 0 Å². The number of ether oxygens (including phenoxy) is 2. The van der Waals surface area contributed by atoms with Crippen LogP contribution in [0.3, 0.4) is 0 Å². The zero-order chi connectivity index (χ0) is 24.7. The highest BCUT2D eigenvalue weighted by molar-refractivity contribution is 5.99. The normalized spacial score (nSPS) is 14.4. The van der Waals surface area contributed by atoms with Crippen molar-refractivity contribution in [2.75, 3.05) is 20.3 Å². The molecule has 180 valence electrons. The molecular formula is C27H33N3O4. The number of carbonyl (C=O) groups is 2. The Morgan fingerprint density at radius 2 is 1.85 bits per heavy atom. The Morgan fingerprint density at radius 1 is 1.18 bits per heavy atom. The van der Waals surface area contributed by atoms with Gasteiger partial charge in [0.25, 0.3) is 5.91 Å². The summed E-state index contributed by atoms with van der Waals surface area (Å²) in [6, 6.07) is 11.8. The van der Waals surface area contributed by atoms with E-state index < -0.39 is 5.97 Å². The third-order valence-electron chi connectivity index (χ3n) is 6.36. The molecule has 34 heavy (non-hydrogen) atoms. The first kappa shape index (κ1) is 25.1. The summed E-state index contributed by atoms with van der Waals surface area (Å²) in [5, 5.41) is 9.57. The topological polar surface area (TPSA) is 84.6 Å². The Hall–Kier alpha value is -3.53. The number of likely N-dealkylation sites (N-methyl/N-ethyl adjacent to an activating group) is 1. The molecule has 7 nitrogen and oxygen atoms in total. The highest BCUT2D eigenvalue weighted by atomic mass is 16.5. The Morgan fingerprint density at radius 3 is 2.47 bits per heavy atom. The second-order valence-electron chi connectivity index (χ2n) is 8.63. The summed E-state index contributed by atoms with van der Waals surface area (Å²) >= 11 is 0. The van der Waals surface area contributed by atoms with Crippen LogP contribution in [-0.4, -0.2) is 47.6 Å². The zero-order valence-electron chi connectivity index (χ0n) is 20.5. The number of nitriles is 1. The van der Waals surface area contributed by atoms with Crippen LogP contribution in [0.1, 0.15) is 56.0 Å². The average Bonchev–Trinajstić information content (AvgIpc) is 3.14. The van der Waals surface area contributed by atoms with Crippen LogP contribution in [0, 0.1) is 25.2 Å². The predicted octanol–water partition coefficient (Wildman–Crippen LogP) is 4.73. The van der Waals surface area contributed by atoms with Crippen LogP contribution in [0.4, 0.5) is 0 Å². The number of aromatic nitrogens is 1. The van der Waals surface area contributed by atoms with E-state index in [1.807, 2.05) is 61.7 Å². The maximum atomic E-state index is 12.5. The molecule has 0 saturated heterocycles. The molecule has 0 N–H and O–H groups in total. The standard InChI is InChI=1S/C27H33N3O4/c1-5-33-25-13-11-24(12-14-25)30-19(2)15-21(20(30)3)16-22(17-28)27(32)34-18-26(31)29(4)23-9-7-6-8-10-23/h11-16,23H,5-10,18H2,1-4H3. The number of esters is 1. The van der Waals surface area contributed by atoms with E-state index in [1.54, 1.807) is 11.9 Å². The van der Waals surface area contributed by atoms with E-state index in [2.05, 4.69) is 0 Å². The molecule has 3 rings (SSSR count). The summed E-state index contributed by atoms with van der Waals surface area (Å²) in [6.45, 7) is 6.07. The molecule has 1 heterocycles. The minimum absolute atomic E-state index is 0.139. The molecule has 0 spiro atoms. The lowest BCUT2D eigenvalue weighted by atomic mass is 9.94. The Bertz CT molecular complexity index is 1090. The molecule has 1 aliphatic carbocycles. The van der Waals surface area contributed by atoms with Gasteiger partial charge in [0.1, 0.15) is 17.4 Å². The first-order valence-corrected chi connectivity index (χ1v) is 11.8. The summed E-state index contributed by atoms with van der Waals surface area (Å²) in [5.74, 6) is -0.239. The summed E-state index contributed by atoms with van der Waals surface area (Å²) in [7, 11) is 1.75. The van der Waals surface area contributed by atoms with Gasteiger partial charge in [-0.15, -0.1) is 0 Å². The fraction of sp³-hybridized carbons (Fsp3) is 0.444. The third-order valence-corrected chi connectivity index (χ3v) is 6.36. The predicted molar refractivity (Wildman–Crippen MR) is 131 cm³/mol. The number of benzene rings is 1. The Balaban J connectivity index is 1.71. The number of hydrogen-bond donors (Lipinski definition) is 0. The molecule has 2 aromatic rings. The van der Waals surface area contributed by atoms with E-state index in [0.717, 1.165) is 54.1 Å². The van der Waals surface area contributed by atoms with Crippen LogP contribution in [0.5, 0.6) is 5.75 Å². The second-order valence-corrected chi connectivity index (χ2v) is 8.63. The molecule has 1 aromatic carbocycles. The minimum Gasteiger partial charge on any atom is -0.494 e. The molecule has 0 radical (unpaired) electrons. The van der Waals surface area contributed by atoms with Gasteiger partial charge in [0, 0.05) is 30.2 Å². The fourth-order valence-electron chi connectivity index (χ4n) is 4.46. The Kier molecular flexibility index (Phi) is 8.53. The molecular weight excluding hydrogens is 430 g/mol. The first-order chi connectivity index (χ1) is 16.3. The van der Waals surface area contributed by atoms with Crippen LogP contribution in [0.2, 0.25) is 0 Å². The third kappa shape index (κ3) is 5.88. The molecule has 1 saturated carbocycles. The van der Waals surface area contributed by atoms with Crippen molar-refractivity contribution in [1.82, 2.24) is 9.47 Å². The molecule has 0 atom stereocenters. The van der Waals surface area contributed by atoms with E-state index >= 15 is 0 Å². The van der Waals surface area contributed by atoms with Gasteiger partial charge >= 0.3 is 5.97 Å². The monoisotopic (exact) mass is 463 g/mol. The number of aryl methyl sites for hydroxylation is 1. The molecule has 0 aliphatic heterocycles. The van der Waals surface area contributed by atoms with Crippen molar-refractivity contribution in [3.63, 3.8) is 0 Å². The smallest absolute Gasteiger partial charge is 0.349 e. The van der Waals surface area contributed by atoms with Gasteiger partial charge < -0.3 is 18.9 Å². The van der Waals surface area contributed by atoms with E-state index in [-0.39, 0.29) is 24.1 Å². The minimum atomic E-state index is -0.793. The molecule has 1 fully saturated rings. The van der Waals surface area contributed by atoms with E-state index in [0.29, 0.717) is 6.61 Å². The van der Waals surface area contributed by atoms with Crippen molar-refractivity contribution < 1.29 is 19.1 Å². The second kappa shape index (κ2) is 11.6. The van der Waals surface area contributed by atoms with E-state index in [1.165, 1.54) is 12.5 Å². The highest BCUT2D eigenvalue weighted by Gasteiger charge is 2.23. The summed E-state index contributed by atoms with van der Waals surface area (Å²) < 4.78 is 12.8. The van der Waals surface area contributed by atoms with Crippen molar-refractivity contribution in [1.29, 1.82) is 5.26 Å². The van der Waals surface area contributed by atoms with Gasteiger partial charge in [0.2, 0.25) is 0 Å². The molecule has 1 aromatic heterocycles. The molecule has 7 heteroatoms. The quantitative estimate of drug-likeness (QED) is 0.321. The van der Waals surface area contributed by atoms with Gasteiger partial charge in [0.15, 0.2) is 6.61 Å². The van der Waals surface area contributed by atoms with Crippen molar-refractivity contribution >= 4 is 18.0 Å². The van der Waals surface area contributed by atoms with Crippen molar-refractivity contribution in [3.8, 4) is 17.5 Å². The van der Waals surface area contributed by atoms with Crippen molar-refractivity contribution in [2.24, 2.45) is 0 Å². The van der Waals surface area contributed by atoms with Crippen LogP contribution < -0.4 is 4.74 Å². The lowest BCUT2D eigenvalue weighted by Gasteiger charge is -2.31. The Labute approximate surface area is 201 Å². The van der Waals surface area contributed by atoms with Crippen molar-refractivity contribution in [3.05, 3.63) is 52.9 Å². The zero-order valence-corrected chi connectivity index (χ0v) is 20.5. The summed E-state index contributed by atoms with van der Waals surface area (Å²) in [6.07, 6.45) is 6.89. The van der Waals surface area contributed by atoms with E-state index in [9.17, 15) is 14.9 Å². The van der Waals surface area contributed by atoms with Crippen molar-refractivity contribution in [2.45, 2.75) is 58.9 Å². The first-order valence-electron chi connectivity index (χ1n) is 11.8. The van der Waals surface area contributed by atoms with Gasteiger partial charge in [0.05, 0.1) is 6.61 Å². The lowest BCUT2D eigenvalue weighted by Crippen LogP contribution is -2.40. The van der Waals surface area contributed by atoms with Gasteiger partial charge in [-0.1, -0.05) is 19.3 Å². The number of rotatable bonds is 8. The fourth-order valence-corrected chi connectivity index (χ4v) is 4.46. The number of hydrogen-bond acceptors (Lipinski definition) is 5. The van der Waals surface area contributed by atoms with Gasteiger partial charge in [-0.05, 0) is 75.6 Å². The maximum absolute atomic E-state index is 12.5. The molecule has 0 bridgehead atoms. The number of amides is 1. The molecule has 0 unspecified atom stereocenters. The molecule has 1 aliphatic rings. The van der Waals surface area contributed by atoms with E-state index in [4.69, 9.17) is 9.47 Å². The SMILES string of the molecule is CCOc1ccc(-n2c(C)cc(C=C(C#N)C(=O)OCC(=O)N(C)C3CCCCC3)c2C)cc1. The van der Waals surface area contributed by atoms with Crippen LogP contribution in [-0.2, 0) is 14.3 Å². The van der Waals surface area contributed by atoms with Crippen LogP contribution in [0.25, 0.3) is 11.8 Å². The largest absolute Gasteiger partial charge is 0.494 e. The molecule has 1 amide bonds. The van der Waals surface area contributed by atoms with Gasteiger partial charge in [-0.2, -0.15) is 5.26 Å². The average molecular weight is 464 g/mol. The van der Waals surface area contributed by atoms with Crippen LogP contribution in [0.15, 0.2) is 35.9 Å². The summed E-state index contributed by atoms with van der Waals surface area (Å²) in [5.41, 5.74) is 3.40. The number of nitrogens with zero attached hydrogens (tertiary/aromatic N) is 3. The number of carbonyl (C=O) groups excluding carboxylic acids is 2. The summed E-state index contributed by atoms with van der Waals surface area (Å²) in [4.78, 5) is 26.7.